The fourth-order valence-corrected chi connectivity index (χ4v) is 0.771. The number of hydrogen-bond acceptors (Lipinski definition) is 4. The summed E-state index contributed by atoms with van der Waals surface area (Å²) in [6, 6.07) is 1.43. The third-order valence-corrected chi connectivity index (χ3v) is 1.40. The molecule has 0 radical (unpaired) electrons. The van der Waals surface area contributed by atoms with Crippen LogP contribution < -0.4 is 4.74 Å². The van der Waals surface area contributed by atoms with Crippen LogP contribution >= 0.6 is 0 Å². The highest BCUT2D eigenvalue weighted by Crippen LogP contribution is 2.04. The van der Waals surface area contributed by atoms with Gasteiger partial charge in [-0.05, 0) is 12.0 Å². The van der Waals surface area contributed by atoms with Crippen molar-refractivity contribution >= 4 is 5.97 Å². The van der Waals surface area contributed by atoms with Gasteiger partial charge >= 0.3 is 12.0 Å². The van der Waals surface area contributed by atoms with Crippen molar-refractivity contribution in [2.45, 2.75) is 13.8 Å². The first kappa shape index (κ1) is 10.4. The Bertz CT molecular complexity index is 326. The number of ether oxygens (including phenoxy) is 1. The molecule has 0 saturated carbocycles. The molecule has 0 saturated heterocycles. The Hall–Kier alpha value is -1.65. The van der Waals surface area contributed by atoms with Gasteiger partial charge in [0.2, 0.25) is 0 Å². The lowest BCUT2D eigenvalue weighted by molar-refractivity contribution is 0.0688. The van der Waals surface area contributed by atoms with Crippen molar-refractivity contribution in [3.8, 4) is 6.01 Å². The first-order chi connectivity index (χ1) is 6.59. The minimum Gasteiger partial charge on any atom is -0.477 e. The number of carboxylic acid groups (broad SMARTS) is 1. The summed E-state index contributed by atoms with van der Waals surface area (Å²) in [7, 11) is 0. The van der Waals surface area contributed by atoms with Crippen LogP contribution in [0.2, 0.25) is 0 Å². The van der Waals surface area contributed by atoms with Crippen LogP contribution in [0.1, 0.15) is 24.3 Å². The van der Waals surface area contributed by atoms with Gasteiger partial charge in [0.05, 0.1) is 6.61 Å². The zero-order valence-corrected chi connectivity index (χ0v) is 8.10. The Morgan fingerprint density at radius 2 is 2.36 bits per heavy atom. The largest absolute Gasteiger partial charge is 0.477 e. The summed E-state index contributed by atoms with van der Waals surface area (Å²) in [5.41, 5.74) is -0.0567. The summed E-state index contributed by atoms with van der Waals surface area (Å²) in [5, 5.41) is 8.64. The molecule has 14 heavy (non-hydrogen) atoms. The van der Waals surface area contributed by atoms with Crippen LogP contribution in [0.5, 0.6) is 6.01 Å². The number of hydrogen-bond donors (Lipinski definition) is 1. The van der Waals surface area contributed by atoms with E-state index in [1.54, 1.807) is 0 Å². The minimum absolute atomic E-state index is 0.0567. The van der Waals surface area contributed by atoms with Crippen molar-refractivity contribution < 1.29 is 14.6 Å². The molecule has 0 fully saturated rings. The van der Waals surface area contributed by atoms with Crippen molar-refractivity contribution in [1.82, 2.24) is 9.97 Å². The third-order valence-electron chi connectivity index (χ3n) is 1.40. The van der Waals surface area contributed by atoms with E-state index in [0.717, 1.165) is 0 Å². The van der Waals surface area contributed by atoms with Crippen molar-refractivity contribution in [1.29, 1.82) is 0 Å². The van der Waals surface area contributed by atoms with Crippen molar-refractivity contribution in [2.75, 3.05) is 6.61 Å². The highest BCUT2D eigenvalue weighted by molar-refractivity contribution is 5.85. The lowest BCUT2D eigenvalue weighted by Crippen LogP contribution is -2.09. The quantitative estimate of drug-likeness (QED) is 0.783. The van der Waals surface area contributed by atoms with Gasteiger partial charge in [-0.1, -0.05) is 13.8 Å². The maximum absolute atomic E-state index is 10.5. The molecule has 0 aromatic carbocycles. The number of aromatic nitrogens is 2. The highest BCUT2D eigenvalue weighted by atomic mass is 16.5. The Morgan fingerprint density at radius 3 is 2.93 bits per heavy atom. The number of nitrogens with zero attached hydrogens (tertiary/aromatic N) is 2. The second kappa shape index (κ2) is 4.55. The number of rotatable bonds is 4. The molecule has 1 aromatic rings. The van der Waals surface area contributed by atoms with Gasteiger partial charge in [0, 0.05) is 6.20 Å². The second-order valence-corrected chi connectivity index (χ2v) is 3.23. The average Bonchev–Trinajstić information content (AvgIpc) is 2.15. The first-order valence-electron chi connectivity index (χ1n) is 4.28. The fraction of sp³-hybridized carbons (Fsp3) is 0.444. The van der Waals surface area contributed by atoms with Crippen molar-refractivity contribution in [3.05, 3.63) is 18.0 Å². The van der Waals surface area contributed by atoms with E-state index in [0.29, 0.717) is 12.5 Å². The van der Waals surface area contributed by atoms with Gasteiger partial charge < -0.3 is 9.84 Å². The number of carbonyl (C=O) groups is 1. The molecule has 5 nitrogen and oxygen atoms in total. The third kappa shape index (κ3) is 3.01. The predicted octanol–water partition coefficient (Wildman–Crippen LogP) is 1.21. The van der Waals surface area contributed by atoms with Crippen molar-refractivity contribution in [3.63, 3.8) is 0 Å². The molecule has 1 aromatic heterocycles. The van der Waals surface area contributed by atoms with Crippen LogP contribution in [0, 0.1) is 5.92 Å². The molecule has 0 atom stereocenters. The molecule has 5 heteroatoms. The topological polar surface area (TPSA) is 72.3 Å². The zero-order chi connectivity index (χ0) is 10.6. The summed E-state index contributed by atoms with van der Waals surface area (Å²) in [6.07, 6.45) is 1.37. The van der Waals surface area contributed by atoms with E-state index < -0.39 is 5.97 Å². The van der Waals surface area contributed by atoms with Gasteiger partial charge in [0.25, 0.3) is 0 Å². The molecular formula is C9H12N2O3. The average molecular weight is 196 g/mol. The van der Waals surface area contributed by atoms with Gasteiger partial charge in [-0.15, -0.1) is 0 Å². The van der Waals surface area contributed by atoms with Gasteiger partial charge in [-0.3, -0.25) is 0 Å². The maximum Gasteiger partial charge on any atom is 0.354 e. The molecule has 76 valence electrons. The fourth-order valence-electron chi connectivity index (χ4n) is 0.771. The van der Waals surface area contributed by atoms with E-state index in [1.807, 2.05) is 13.8 Å². The molecule has 0 bridgehead atoms. The summed E-state index contributed by atoms with van der Waals surface area (Å²) in [6.45, 7) is 4.45. The van der Waals surface area contributed by atoms with E-state index in [-0.39, 0.29) is 11.7 Å². The monoisotopic (exact) mass is 196 g/mol. The molecule has 0 spiro atoms. The van der Waals surface area contributed by atoms with Gasteiger partial charge in [0.15, 0.2) is 5.69 Å². The van der Waals surface area contributed by atoms with Crippen LogP contribution in [-0.2, 0) is 0 Å². The number of aromatic carboxylic acids is 1. The molecule has 1 N–H and O–H groups in total. The summed E-state index contributed by atoms with van der Waals surface area (Å²) in [4.78, 5) is 18.1. The predicted molar refractivity (Wildman–Crippen MR) is 49.3 cm³/mol. The van der Waals surface area contributed by atoms with Crippen LogP contribution in [0.25, 0.3) is 0 Å². The van der Waals surface area contributed by atoms with Crippen LogP contribution in [-0.4, -0.2) is 27.7 Å². The van der Waals surface area contributed by atoms with Crippen LogP contribution in [0.4, 0.5) is 0 Å². The number of carboxylic acids is 1. The molecule has 0 amide bonds. The molecule has 0 aliphatic carbocycles. The molecule has 1 heterocycles. The lowest BCUT2D eigenvalue weighted by atomic mass is 10.2. The van der Waals surface area contributed by atoms with Gasteiger partial charge in [0.1, 0.15) is 0 Å². The summed E-state index contributed by atoms with van der Waals surface area (Å²) in [5.74, 6) is -0.728. The highest BCUT2D eigenvalue weighted by Gasteiger charge is 2.07. The Morgan fingerprint density at radius 1 is 1.64 bits per heavy atom. The summed E-state index contributed by atoms with van der Waals surface area (Å²) < 4.78 is 5.17. The molecule has 0 unspecified atom stereocenters. The van der Waals surface area contributed by atoms with Crippen LogP contribution in [0.15, 0.2) is 12.3 Å². The van der Waals surface area contributed by atoms with E-state index >= 15 is 0 Å². The lowest BCUT2D eigenvalue weighted by Gasteiger charge is -2.06. The SMILES string of the molecule is CC(C)COc1nccc(C(=O)O)n1. The Labute approximate surface area is 81.8 Å². The normalized spacial score (nSPS) is 10.2. The zero-order valence-electron chi connectivity index (χ0n) is 8.10. The standard InChI is InChI=1S/C9H12N2O3/c1-6(2)5-14-9-10-4-3-7(11-9)8(12)13/h3-4,6H,5H2,1-2H3,(H,12,13). The molecule has 0 aliphatic rings. The maximum atomic E-state index is 10.5. The van der Waals surface area contributed by atoms with E-state index in [2.05, 4.69) is 9.97 Å². The minimum atomic E-state index is -1.08. The van der Waals surface area contributed by atoms with Crippen LogP contribution in [0.3, 0.4) is 0 Å². The van der Waals surface area contributed by atoms with Gasteiger partial charge in [-0.2, -0.15) is 4.98 Å². The van der Waals surface area contributed by atoms with E-state index in [4.69, 9.17) is 9.84 Å². The molecule has 0 aliphatic heterocycles. The second-order valence-electron chi connectivity index (χ2n) is 3.23. The molecular weight excluding hydrogens is 184 g/mol. The Balaban J connectivity index is 2.69. The Kier molecular flexibility index (Phi) is 3.39. The van der Waals surface area contributed by atoms with E-state index in [1.165, 1.54) is 12.3 Å². The van der Waals surface area contributed by atoms with Crippen molar-refractivity contribution in [2.24, 2.45) is 5.92 Å². The smallest absolute Gasteiger partial charge is 0.354 e. The summed E-state index contributed by atoms with van der Waals surface area (Å²) >= 11 is 0. The van der Waals surface area contributed by atoms with E-state index in [9.17, 15) is 4.79 Å². The first-order valence-corrected chi connectivity index (χ1v) is 4.28. The molecule has 1 rings (SSSR count). The van der Waals surface area contributed by atoms with Gasteiger partial charge in [-0.25, -0.2) is 9.78 Å².